The van der Waals surface area contributed by atoms with Gasteiger partial charge in [0.2, 0.25) is 0 Å². The number of benzene rings is 6. The zero-order valence-electron chi connectivity index (χ0n) is 38.0. The van der Waals surface area contributed by atoms with Crippen LogP contribution in [0.1, 0.15) is 5.56 Å². The first-order valence-corrected chi connectivity index (χ1v) is 32.6. The molecule has 0 fully saturated rings. The fourth-order valence-corrected chi connectivity index (χ4v) is 19.0. The van der Waals surface area contributed by atoms with Crippen molar-refractivity contribution in [1.82, 2.24) is 0 Å². The zero-order valence-corrected chi connectivity index (χ0v) is 43.9. The maximum atomic E-state index is 12.1. The van der Waals surface area contributed by atoms with E-state index in [1.54, 1.807) is 36.7 Å². The fourth-order valence-electron chi connectivity index (χ4n) is 8.52. The van der Waals surface area contributed by atoms with E-state index in [4.69, 9.17) is 0 Å². The first-order chi connectivity index (χ1) is 34.2. The molecule has 0 amide bonds. The summed E-state index contributed by atoms with van der Waals surface area (Å²) >= 11 is 0. The number of aryl methyl sites for hydroxylation is 1. The van der Waals surface area contributed by atoms with Gasteiger partial charge in [-0.3, -0.25) is 22.8 Å². The highest BCUT2D eigenvalue weighted by molar-refractivity contribution is 7.95. The summed E-state index contributed by atoms with van der Waals surface area (Å²) in [4.78, 5) is -1.82. The van der Waals surface area contributed by atoms with Gasteiger partial charge in [0.05, 0.1) is 24.5 Å². The molecule has 0 aliphatic heterocycles. The molecule has 0 unspecified atom stereocenters. The van der Waals surface area contributed by atoms with Crippen LogP contribution in [0.2, 0.25) is 0 Å². The summed E-state index contributed by atoms with van der Waals surface area (Å²) < 4.78 is 174. The van der Waals surface area contributed by atoms with Gasteiger partial charge in [0.25, 0.3) is 63.2 Å². The standard InChI is InChI=1S/C49H40N2O15P2S5/c1-36-2-4-39(5-3-36)67(40-6-16-45(17-7-40)69(52,53)54,41-8-18-46(19-9-41)70(55,56)57)34-50-30-26-37(27-31-50)38-28-32-51(33-29-38)35-68(42-10-20-47(21-11-42)71(58,59)60,43-12-22-48(23-13-43)72(61,62)63)44-14-24-49(25-15-44)73(64,65)66/h2-33H,34-35H2,1H3,(H-4,52,53,54,55,56,57,58,59,60,61,62,63,64,65,66)/p+4. The summed E-state index contributed by atoms with van der Waals surface area (Å²) in [6, 6.07) is 43.2. The number of aromatic nitrogens is 2. The molecule has 0 atom stereocenters. The van der Waals surface area contributed by atoms with Crippen molar-refractivity contribution >= 4 is 96.9 Å². The lowest BCUT2D eigenvalue weighted by Gasteiger charge is -2.25. The van der Waals surface area contributed by atoms with E-state index in [0.29, 0.717) is 26.5 Å². The smallest absolute Gasteiger partial charge is 0.282 e. The summed E-state index contributed by atoms with van der Waals surface area (Å²) in [6.45, 7) is 1.93. The molecule has 17 nitrogen and oxygen atoms in total. The van der Waals surface area contributed by atoms with Gasteiger partial charge in [-0.1, -0.05) is 17.7 Å². The summed E-state index contributed by atoms with van der Waals surface area (Å²) in [5, 5.41) is 3.83. The van der Waals surface area contributed by atoms with E-state index in [9.17, 15) is 64.9 Å². The Bertz CT molecular complexity index is 3670. The van der Waals surface area contributed by atoms with E-state index in [0.717, 1.165) is 22.0 Å². The van der Waals surface area contributed by atoms with Crippen molar-refractivity contribution in [2.24, 2.45) is 0 Å². The Morgan fingerprint density at radius 3 is 0.658 bits per heavy atom. The second-order valence-corrected chi connectivity index (χ2v) is 30.8. The van der Waals surface area contributed by atoms with E-state index in [1.807, 2.05) is 77.0 Å². The van der Waals surface area contributed by atoms with Crippen molar-refractivity contribution in [3.63, 3.8) is 0 Å². The second-order valence-electron chi connectivity index (χ2n) is 16.8. The second kappa shape index (κ2) is 20.0. The molecule has 73 heavy (non-hydrogen) atoms. The molecule has 0 saturated carbocycles. The quantitative estimate of drug-likeness (QED) is 0.0510. The van der Waals surface area contributed by atoms with Crippen molar-refractivity contribution in [1.29, 1.82) is 0 Å². The van der Waals surface area contributed by atoms with Crippen molar-refractivity contribution in [2.75, 3.05) is 0 Å². The zero-order chi connectivity index (χ0) is 52.8. The lowest BCUT2D eigenvalue weighted by molar-refractivity contribution is -0.677. The molecule has 2 heterocycles. The Morgan fingerprint density at radius 2 is 0.479 bits per heavy atom. The summed E-state index contributed by atoms with van der Waals surface area (Å²) in [5.41, 5.74) is 2.51. The lowest BCUT2D eigenvalue weighted by Crippen LogP contribution is -2.44. The number of rotatable bonds is 16. The highest BCUT2D eigenvalue weighted by Gasteiger charge is 2.51. The molecule has 0 radical (unpaired) electrons. The molecule has 0 aliphatic rings. The van der Waals surface area contributed by atoms with Crippen molar-refractivity contribution in [3.8, 4) is 11.1 Å². The molecular formula is C49H44N2O15P2S5+4. The lowest BCUT2D eigenvalue weighted by atomic mass is 10.1. The average Bonchev–Trinajstić information content (AvgIpc) is 3.34. The van der Waals surface area contributed by atoms with E-state index in [1.165, 1.54) is 97.1 Å². The van der Waals surface area contributed by atoms with Gasteiger partial charge in [-0.25, -0.2) is 0 Å². The highest BCUT2D eigenvalue weighted by atomic mass is 32.2. The number of pyridine rings is 2. The molecule has 0 bridgehead atoms. The third kappa shape index (κ3) is 11.4. The largest absolute Gasteiger partial charge is 0.294 e. The predicted molar refractivity (Wildman–Crippen MR) is 276 cm³/mol. The van der Waals surface area contributed by atoms with Crippen LogP contribution in [0.5, 0.6) is 0 Å². The van der Waals surface area contributed by atoms with Gasteiger partial charge in [0.15, 0.2) is 39.3 Å². The van der Waals surface area contributed by atoms with Gasteiger partial charge in [0.1, 0.15) is 31.8 Å². The molecule has 0 spiro atoms. The molecule has 2 aromatic heterocycles. The van der Waals surface area contributed by atoms with Crippen LogP contribution in [0.4, 0.5) is 0 Å². The molecule has 0 aliphatic carbocycles. The van der Waals surface area contributed by atoms with Crippen LogP contribution in [0.15, 0.2) is 219 Å². The van der Waals surface area contributed by atoms with Crippen molar-refractivity contribution < 1.29 is 74.0 Å². The third-order valence-corrected chi connectivity index (χ3v) is 25.1. The summed E-state index contributed by atoms with van der Waals surface area (Å²) in [5.74, 6) is 0. The van der Waals surface area contributed by atoms with Crippen LogP contribution in [0.25, 0.3) is 11.1 Å². The Hall–Kier alpha value is -5.97. The summed E-state index contributed by atoms with van der Waals surface area (Å²) in [6.07, 6.45) is 7.70. The molecule has 8 aromatic rings. The van der Waals surface area contributed by atoms with Crippen molar-refractivity contribution in [3.05, 3.63) is 200 Å². The molecular weight excluding hydrogens is 1080 g/mol. The van der Waals surface area contributed by atoms with Crippen LogP contribution in [0, 0.1) is 6.92 Å². The summed E-state index contributed by atoms with van der Waals surface area (Å²) in [7, 11) is -29.0. The molecule has 376 valence electrons. The first kappa shape index (κ1) is 53.3. The third-order valence-electron chi connectivity index (χ3n) is 12.2. The normalized spacial score (nSPS) is 12.9. The van der Waals surface area contributed by atoms with Gasteiger partial charge in [-0.05, 0) is 152 Å². The minimum Gasteiger partial charge on any atom is -0.282 e. The average molecular weight is 1120 g/mol. The van der Waals surface area contributed by atoms with Gasteiger partial charge in [-0.15, -0.1) is 0 Å². The van der Waals surface area contributed by atoms with Crippen molar-refractivity contribution in [2.45, 2.75) is 44.0 Å². The number of nitrogens with zero attached hydrogens (tertiary/aromatic N) is 2. The van der Waals surface area contributed by atoms with E-state index >= 15 is 0 Å². The maximum absolute atomic E-state index is 12.1. The van der Waals surface area contributed by atoms with E-state index < -0.39 is 79.8 Å². The topological polar surface area (TPSA) is 280 Å². The first-order valence-electron chi connectivity index (χ1n) is 21.4. The van der Waals surface area contributed by atoms with Crippen LogP contribution in [-0.4, -0.2) is 64.9 Å². The van der Waals surface area contributed by atoms with Gasteiger partial charge in [0, 0.05) is 24.3 Å². The highest BCUT2D eigenvalue weighted by Crippen LogP contribution is 2.57. The SMILES string of the molecule is Cc1ccc([P+](C[n+]2ccc(-c3cc[n+](C[P+](c4ccc(S(=O)(=O)O)cc4)(c4ccc(S(=O)(=O)O)cc4)c4ccc(S(=O)(=O)O)cc4)cc3)cc2)(c2ccc(S(=O)(=O)O)cc2)c2ccc(S(=O)(=O)O)cc2)cc1. The fraction of sp³-hybridized carbons (Fsp3) is 0.0612. The minimum atomic E-state index is -4.63. The Morgan fingerprint density at radius 1 is 0.301 bits per heavy atom. The molecule has 0 saturated heterocycles. The van der Waals surface area contributed by atoms with E-state index in [2.05, 4.69) is 0 Å². The van der Waals surface area contributed by atoms with E-state index in [-0.39, 0.29) is 22.4 Å². The van der Waals surface area contributed by atoms with Crippen LogP contribution in [0.3, 0.4) is 0 Å². The molecule has 8 rings (SSSR count). The monoisotopic (exact) mass is 1120 g/mol. The molecule has 6 aromatic carbocycles. The predicted octanol–water partition coefficient (Wildman–Crippen LogP) is 4.37. The van der Waals surface area contributed by atoms with Crippen LogP contribution in [-0.2, 0) is 63.2 Å². The van der Waals surface area contributed by atoms with Crippen LogP contribution >= 0.6 is 14.5 Å². The number of hydrogen-bond acceptors (Lipinski definition) is 10. The van der Waals surface area contributed by atoms with Gasteiger partial charge >= 0.3 is 0 Å². The molecule has 5 N–H and O–H groups in total. The van der Waals surface area contributed by atoms with Gasteiger partial charge < -0.3 is 0 Å². The minimum absolute atomic E-state index is 0.116. The Labute approximate surface area is 423 Å². The Balaban J connectivity index is 1.21. The van der Waals surface area contributed by atoms with Crippen LogP contribution < -0.4 is 41.0 Å². The van der Waals surface area contributed by atoms with Gasteiger partial charge in [-0.2, -0.15) is 51.2 Å². The maximum Gasteiger partial charge on any atom is 0.294 e. The molecule has 24 heteroatoms. The number of hydrogen-bond donors (Lipinski definition) is 5. The Kier molecular flexibility index (Phi) is 14.6.